The molecule has 1 aromatic carbocycles. The molecule has 2 rings (SSSR count). The first-order valence-corrected chi connectivity index (χ1v) is 7.24. The van der Waals surface area contributed by atoms with Crippen LogP contribution >= 0.6 is 23.2 Å². The summed E-state index contributed by atoms with van der Waals surface area (Å²) in [6.07, 6.45) is -0.238. The first kappa shape index (κ1) is 16.1. The van der Waals surface area contributed by atoms with Gasteiger partial charge in [-0.1, -0.05) is 34.4 Å². The van der Waals surface area contributed by atoms with Gasteiger partial charge in [-0.05, 0) is 19.1 Å². The van der Waals surface area contributed by atoms with Crippen LogP contribution in [0.25, 0.3) is 0 Å². The normalized spacial score (nSPS) is 18.9. The third-order valence-corrected chi connectivity index (χ3v) is 3.76. The monoisotopic (exact) mass is 330 g/mol. The van der Waals surface area contributed by atoms with Crippen LogP contribution in [-0.4, -0.2) is 37.5 Å². The largest absolute Gasteiger partial charge is 0.383 e. The maximum absolute atomic E-state index is 12.0. The molecule has 1 heterocycles. The number of rotatable bonds is 5. The minimum Gasteiger partial charge on any atom is -0.383 e. The summed E-state index contributed by atoms with van der Waals surface area (Å²) < 4.78 is 4.97. The zero-order valence-corrected chi connectivity index (χ0v) is 13.2. The third kappa shape index (κ3) is 4.09. The number of oxime groups is 1. The zero-order chi connectivity index (χ0) is 15.4. The molecule has 0 radical (unpaired) electrons. The Kier molecular flexibility index (Phi) is 5.45. The molecule has 1 aliphatic rings. The molecule has 21 heavy (non-hydrogen) atoms. The van der Waals surface area contributed by atoms with Crippen LogP contribution in [0, 0.1) is 0 Å². The van der Waals surface area contributed by atoms with Gasteiger partial charge >= 0.3 is 0 Å². The molecule has 0 saturated carbocycles. The Bertz CT molecular complexity index is 563. The van der Waals surface area contributed by atoms with Crippen molar-refractivity contribution in [3.05, 3.63) is 33.8 Å². The van der Waals surface area contributed by atoms with Gasteiger partial charge in [0.05, 0.1) is 22.4 Å². The first-order chi connectivity index (χ1) is 10.0. The second-order valence-electron chi connectivity index (χ2n) is 4.83. The summed E-state index contributed by atoms with van der Waals surface area (Å²) in [6, 6.07) is 5.11. The van der Waals surface area contributed by atoms with Gasteiger partial charge in [0.2, 0.25) is 6.10 Å². The smallest absolute Gasteiger partial charge is 0.264 e. The summed E-state index contributed by atoms with van der Waals surface area (Å²) in [7, 11) is 1.58. The van der Waals surface area contributed by atoms with E-state index < -0.39 is 6.10 Å². The van der Waals surface area contributed by atoms with E-state index in [0.717, 1.165) is 5.56 Å². The second-order valence-corrected chi connectivity index (χ2v) is 5.64. The van der Waals surface area contributed by atoms with E-state index in [0.29, 0.717) is 28.8 Å². The van der Waals surface area contributed by atoms with Crippen LogP contribution in [-0.2, 0) is 14.4 Å². The lowest BCUT2D eigenvalue weighted by Gasteiger charge is -2.15. The van der Waals surface area contributed by atoms with Crippen LogP contribution in [0.15, 0.2) is 23.4 Å². The fourth-order valence-electron chi connectivity index (χ4n) is 1.99. The van der Waals surface area contributed by atoms with Crippen LogP contribution in [0.1, 0.15) is 18.9 Å². The Labute approximate surface area is 133 Å². The molecule has 114 valence electrons. The Balaban J connectivity index is 1.96. The summed E-state index contributed by atoms with van der Waals surface area (Å²) in [5, 5.41) is 7.68. The zero-order valence-electron chi connectivity index (χ0n) is 11.7. The van der Waals surface area contributed by atoms with E-state index in [1.165, 1.54) is 0 Å². The maximum atomic E-state index is 12.0. The lowest BCUT2D eigenvalue weighted by Crippen LogP contribution is -2.42. The predicted molar refractivity (Wildman–Crippen MR) is 82.0 cm³/mol. The molecule has 0 saturated heterocycles. The van der Waals surface area contributed by atoms with Crippen molar-refractivity contribution in [2.75, 3.05) is 13.7 Å². The number of halogens is 2. The number of carbonyl (C=O) groups is 1. The molecule has 1 amide bonds. The van der Waals surface area contributed by atoms with Gasteiger partial charge in [-0.15, -0.1) is 0 Å². The van der Waals surface area contributed by atoms with Crippen molar-refractivity contribution in [1.82, 2.24) is 5.32 Å². The van der Waals surface area contributed by atoms with E-state index in [2.05, 4.69) is 10.5 Å². The number of hydrogen-bond donors (Lipinski definition) is 1. The summed E-state index contributed by atoms with van der Waals surface area (Å²) in [6.45, 7) is 2.30. The van der Waals surface area contributed by atoms with Crippen LogP contribution in [0.2, 0.25) is 10.0 Å². The predicted octanol–water partition coefficient (Wildman–Crippen LogP) is 2.64. The van der Waals surface area contributed by atoms with E-state index in [1.54, 1.807) is 25.3 Å². The van der Waals surface area contributed by atoms with Gasteiger partial charge in [0.15, 0.2) is 0 Å². The summed E-state index contributed by atoms with van der Waals surface area (Å²) >= 11 is 11.8. The molecule has 0 spiro atoms. The van der Waals surface area contributed by atoms with Crippen molar-refractivity contribution in [3.8, 4) is 0 Å². The van der Waals surface area contributed by atoms with Gasteiger partial charge in [-0.25, -0.2) is 0 Å². The van der Waals surface area contributed by atoms with Crippen molar-refractivity contribution >= 4 is 34.8 Å². The standard InChI is InChI=1S/C14H16Cl2N2O3/c1-8(7-20-2)17-14(19)13-6-12(18-21-13)9-3-4-10(15)11(16)5-9/h3-5,8,13H,6-7H2,1-2H3,(H,17,19)/t8-,13+/m1/s1. The Morgan fingerprint density at radius 3 is 2.95 bits per heavy atom. The Hall–Kier alpha value is -1.30. The first-order valence-electron chi connectivity index (χ1n) is 6.48. The Morgan fingerprint density at radius 1 is 1.52 bits per heavy atom. The van der Waals surface area contributed by atoms with E-state index in [4.69, 9.17) is 32.8 Å². The highest BCUT2D eigenvalue weighted by Crippen LogP contribution is 2.25. The molecule has 2 atom stereocenters. The summed E-state index contributed by atoms with van der Waals surface area (Å²) in [5.41, 5.74) is 1.47. The maximum Gasteiger partial charge on any atom is 0.264 e. The van der Waals surface area contributed by atoms with E-state index in [9.17, 15) is 4.79 Å². The van der Waals surface area contributed by atoms with Gasteiger partial charge in [0.1, 0.15) is 0 Å². The fourth-order valence-corrected chi connectivity index (χ4v) is 2.29. The molecule has 0 bridgehead atoms. The van der Waals surface area contributed by atoms with Crippen LogP contribution < -0.4 is 5.32 Å². The average Bonchev–Trinajstić information content (AvgIpc) is 2.92. The van der Waals surface area contributed by atoms with Gasteiger partial charge in [0.25, 0.3) is 5.91 Å². The molecule has 0 fully saturated rings. The van der Waals surface area contributed by atoms with E-state index in [-0.39, 0.29) is 11.9 Å². The van der Waals surface area contributed by atoms with Crippen molar-refractivity contribution < 1.29 is 14.4 Å². The van der Waals surface area contributed by atoms with Gasteiger partial charge in [-0.2, -0.15) is 0 Å². The summed E-state index contributed by atoms with van der Waals surface area (Å²) in [4.78, 5) is 17.2. The number of nitrogens with zero attached hydrogens (tertiary/aromatic N) is 1. The van der Waals surface area contributed by atoms with Crippen molar-refractivity contribution in [1.29, 1.82) is 0 Å². The average molecular weight is 331 g/mol. The molecule has 5 nitrogen and oxygen atoms in total. The topological polar surface area (TPSA) is 59.9 Å². The van der Waals surface area contributed by atoms with Crippen LogP contribution in [0.3, 0.4) is 0 Å². The highest BCUT2D eigenvalue weighted by Gasteiger charge is 2.29. The number of amides is 1. The van der Waals surface area contributed by atoms with Crippen LogP contribution in [0.5, 0.6) is 0 Å². The van der Waals surface area contributed by atoms with Crippen molar-refractivity contribution in [2.24, 2.45) is 5.16 Å². The third-order valence-electron chi connectivity index (χ3n) is 3.02. The van der Waals surface area contributed by atoms with Crippen LogP contribution in [0.4, 0.5) is 0 Å². The highest BCUT2D eigenvalue weighted by molar-refractivity contribution is 6.42. The molecule has 7 heteroatoms. The quantitative estimate of drug-likeness (QED) is 0.902. The lowest BCUT2D eigenvalue weighted by atomic mass is 10.0. The number of methoxy groups -OCH3 is 1. The molecule has 1 N–H and O–H groups in total. The van der Waals surface area contributed by atoms with E-state index in [1.807, 2.05) is 6.92 Å². The minimum atomic E-state index is -0.631. The molecule has 0 aromatic heterocycles. The second kappa shape index (κ2) is 7.11. The molecule has 1 aromatic rings. The molecular formula is C14H16Cl2N2O3. The van der Waals surface area contributed by atoms with Crippen molar-refractivity contribution in [2.45, 2.75) is 25.5 Å². The van der Waals surface area contributed by atoms with Gasteiger partial charge in [-0.3, -0.25) is 4.79 Å². The molecule has 0 aliphatic carbocycles. The van der Waals surface area contributed by atoms with Gasteiger partial charge in [0, 0.05) is 25.1 Å². The highest BCUT2D eigenvalue weighted by atomic mass is 35.5. The minimum absolute atomic E-state index is 0.0832. The molecule has 1 aliphatic heterocycles. The lowest BCUT2D eigenvalue weighted by molar-refractivity contribution is -0.132. The molecule has 0 unspecified atom stereocenters. The fraction of sp³-hybridized carbons (Fsp3) is 0.429. The molecular weight excluding hydrogens is 315 g/mol. The van der Waals surface area contributed by atoms with Crippen molar-refractivity contribution in [3.63, 3.8) is 0 Å². The number of benzene rings is 1. The van der Waals surface area contributed by atoms with E-state index >= 15 is 0 Å². The Morgan fingerprint density at radius 2 is 2.29 bits per heavy atom. The number of ether oxygens (including phenoxy) is 1. The number of hydrogen-bond acceptors (Lipinski definition) is 4. The van der Waals surface area contributed by atoms with Gasteiger partial charge < -0.3 is 14.9 Å². The number of nitrogens with one attached hydrogen (secondary N) is 1. The summed E-state index contributed by atoms with van der Waals surface area (Å²) in [5.74, 6) is -0.210. The SMILES string of the molecule is COC[C@@H](C)NC(=O)[C@@H]1CC(c2ccc(Cl)c(Cl)c2)=NO1. The number of carbonyl (C=O) groups excluding carboxylic acids is 1.